The molecule has 2 aromatic carbocycles. The molecule has 27 heavy (non-hydrogen) atoms. The minimum Gasteiger partial charge on any atom is -0.491 e. The average molecular weight is 369 g/mol. The molecular weight excluding hydrogens is 342 g/mol. The predicted molar refractivity (Wildman–Crippen MR) is 107 cm³/mol. The molecule has 3 rings (SSSR count). The molecule has 1 amide bonds. The van der Waals surface area contributed by atoms with E-state index >= 15 is 0 Å². The number of methoxy groups -OCH3 is 1. The fourth-order valence-corrected chi connectivity index (χ4v) is 3.27. The van der Waals surface area contributed by atoms with Crippen LogP contribution in [-0.2, 0) is 22.5 Å². The molecule has 1 aliphatic rings. The summed E-state index contributed by atoms with van der Waals surface area (Å²) in [5.74, 6) is 0.801. The van der Waals surface area contributed by atoms with Gasteiger partial charge in [-0.3, -0.25) is 4.79 Å². The summed E-state index contributed by atoms with van der Waals surface area (Å²) in [4.78, 5) is 14.5. The summed E-state index contributed by atoms with van der Waals surface area (Å²) in [5, 5.41) is 2.99. The molecule has 0 bridgehead atoms. The van der Waals surface area contributed by atoms with E-state index < -0.39 is 0 Å². The topological polar surface area (TPSA) is 76.8 Å². The first kappa shape index (κ1) is 19.0. The van der Waals surface area contributed by atoms with Crippen LogP contribution in [-0.4, -0.2) is 39.3 Å². The molecule has 0 spiro atoms. The number of nitrogens with two attached hydrogens (primary N) is 1. The SMILES string of the molecule is COCCOc1ccc(CNC(=O)CN2CCCc3c(N)cccc32)cc1. The summed E-state index contributed by atoms with van der Waals surface area (Å²) in [6.45, 7) is 2.79. The van der Waals surface area contributed by atoms with Crippen molar-refractivity contribution in [2.45, 2.75) is 19.4 Å². The first-order valence-corrected chi connectivity index (χ1v) is 9.27. The van der Waals surface area contributed by atoms with Crippen molar-refractivity contribution in [2.24, 2.45) is 0 Å². The molecule has 1 aliphatic heterocycles. The fraction of sp³-hybridized carbons (Fsp3) is 0.381. The van der Waals surface area contributed by atoms with E-state index in [0.29, 0.717) is 26.3 Å². The lowest BCUT2D eigenvalue weighted by molar-refractivity contribution is -0.119. The van der Waals surface area contributed by atoms with Gasteiger partial charge in [-0.1, -0.05) is 18.2 Å². The number of rotatable bonds is 8. The number of nitrogen functional groups attached to an aromatic ring is 1. The van der Waals surface area contributed by atoms with Crippen molar-refractivity contribution in [3.63, 3.8) is 0 Å². The van der Waals surface area contributed by atoms with Gasteiger partial charge in [-0.05, 0) is 48.2 Å². The van der Waals surface area contributed by atoms with E-state index in [2.05, 4.69) is 10.2 Å². The monoisotopic (exact) mass is 369 g/mol. The third kappa shape index (κ3) is 5.14. The first-order chi connectivity index (χ1) is 13.2. The Labute approximate surface area is 160 Å². The van der Waals surface area contributed by atoms with E-state index in [1.54, 1.807) is 7.11 Å². The van der Waals surface area contributed by atoms with Gasteiger partial charge in [0.15, 0.2) is 0 Å². The van der Waals surface area contributed by atoms with Gasteiger partial charge in [0.25, 0.3) is 0 Å². The molecule has 0 saturated heterocycles. The summed E-state index contributed by atoms with van der Waals surface area (Å²) >= 11 is 0. The van der Waals surface area contributed by atoms with Gasteiger partial charge in [-0.2, -0.15) is 0 Å². The molecule has 0 aromatic heterocycles. The number of nitrogens with one attached hydrogen (secondary N) is 1. The molecule has 1 heterocycles. The molecule has 6 heteroatoms. The summed E-state index contributed by atoms with van der Waals surface area (Å²) in [5.41, 5.74) is 10.1. The molecule has 0 aliphatic carbocycles. The maximum absolute atomic E-state index is 12.4. The van der Waals surface area contributed by atoms with E-state index in [1.165, 1.54) is 0 Å². The van der Waals surface area contributed by atoms with Crippen LogP contribution < -0.4 is 20.7 Å². The van der Waals surface area contributed by atoms with Crippen LogP contribution in [0.25, 0.3) is 0 Å². The summed E-state index contributed by atoms with van der Waals surface area (Å²) in [6, 6.07) is 13.6. The molecule has 0 radical (unpaired) electrons. The fourth-order valence-electron chi connectivity index (χ4n) is 3.27. The van der Waals surface area contributed by atoms with Crippen LogP contribution >= 0.6 is 0 Å². The van der Waals surface area contributed by atoms with Gasteiger partial charge >= 0.3 is 0 Å². The second kappa shape index (κ2) is 9.28. The first-order valence-electron chi connectivity index (χ1n) is 9.27. The molecule has 0 saturated carbocycles. The normalized spacial score (nSPS) is 13.1. The molecular formula is C21H27N3O3. The van der Waals surface area contributed by atoms with Gasteiger partial charge in [0.2, 0.25) is 5.91 Å². The lowest BCUT2D eigenvalue weighted by Gasteiger charge is -2.31. The Balaban J connectivity index is 1.50. The van der Waals surface area contributed by atoms with E-state index in [4.69, 9.17) is 15.2 Å². The van der Waals surface area contributed by atoms with Gasteiger partial charge in [0, 0.05) is 31.6 Å². The third-order valence-electron chi connectivity index (χ3n) is 4.69. The number of carbonyl (C=O) groups excluding carboxylic acids is 1. The molecule has 6 nitrogen and oxygen atoms in total. The van der Waals surface area contributed by atoms with Crippen LogP contribution in [0.5, 0.6) is 5.75 Å². The molecule has 0 unspecified atom stereocenters. The number of fused-ring (bicyclic) bond motifs is 1. The minimum atomic E-state index is 0.00527. The van der Waals surface area contributed by atoms with Crippen molar-refractivity contribution in [3.05, 3.63) is 53.6 Å². The van der Waals surface area contributed by atoms with Crippen LogP contribution in [0.1, 0.15) is 17.5 Å². The Hall–Kier alpha value is -2.73. The van der Waals surface area contributed by atoms with Crippen molar-refractivity contribution >= 4 is 17.3 Å². The Morgan fingerprint density at radius 2 is 2.00 bits per heavy atom. The molecule has 3 N–H and O–H groups in total. The average Bonchev–Trinajstić information content (AvgIpc) is 2.68. The van der Waals surface area contributed by atoms with Crippen molar-refractivity contribution in [1.82, 2.24) is 5.32 Å². The van der Waals surface area contributed by atoms with E-state index in [1.807, 2.05) is 42.5 Å². The van der Waals surface area contributed by atoms with E-state index in [0.717, 1.165) is 47.6 Å². The van der Waals surface area contributed by atoms with E-state index in [9.17, 15) is 4.79 Å². The van der Waals surface area contributed by atoms with Crippen LogP contribution in [0.2, 0.25) is 0 Å². The number of anilines is 2. The Morgan fingerprint density at radius 1 is 1.19 bits per heavy atom. The van der Waals surface area contributed by atoms with Crippen molar-refractivity contribution < 1.29 is 14.3 Å². The summed E-state index contributed by atoms with van der Waals surface area (Å²) in [6.07, 6.45) is 1.98. The zero-order chi connectivity index (χ0) is 19.1. The maximum Gasteiger partial charge on any atom is 0.239 e. The standard InChI is InChI=1S/C21H27N3O3/c1-26-12-13-27-17-9-7-16(8-10-17)14-23-21(25)15-24-11-3-4-18-19(22)5-2-6-20(18)24/h2,5-10H,3-4,11-15,22H2,1H3,(H,23,25). The smallest absolute Gasteiger partial charge is 0.239 e. The minimum absolute atomic E-state index is 0.00527. The van der Waals surface area contributed by atoms with Gasteiger partial charge in [0.05, 0.1) is 13.2 Å². The number of nitrogens with zero attached hydrogens (tertiary/aromatic N) is 1. The highest BCUT2D eigenvalue weighted by Crippen LogP contribution is 2.30. The van der Waals surface area contributed by atoms with Gasteiger partial charge in [0.1, 0.15) is 12.4 Å². The van der Waals surface area contributed by atoms with Crippen molar-refractivity contribution in [2.75, 3.05) is 44.0 Å². The second-order valence-electron chi connectivity index (χ2n) is 6.63. The highest BCUT2D eigenvalue weighted by atomic mass is 16.5. The predicted octanol–water partition coefficient (Wildman–Crippen LogP) is 2.36. The lowest BCUT2D eigenvalue weighted by Crippen LogP contribution is -2.39. The van der Waals surface area contributed by atoms with Gasteiger partial charge in [-0.25, -0.2) is 0 Å². The quantitative estimate of drug-likeness (QED) is 0.552. The van der Waals surface area contributed by atoms with Crippen LogP contribution in [0, 0.1) is 0 Å². The van der Waals surface area contributed by atoms with Gasteiger partial charge in [-0.15, -0.1) is 0 Å². The molecule has 0 atom stereocenters. The number of amides is 1. The number of benzene rings is 2. The Bertz CT molecular complexity index is 762. The van der Waals surface area contributed by atoms with Gasteiger partial charge < -0.3 is 25.4 Å². The largest absolute Gasteiger partial charge is 0.491 e. The Morgan fingerprint density at radius 3 is 2.78 bits per heavy atom. The molecule has 144 valence electrons. The maximum atomic E-state index is 12.4. The zero-order valence-corrected chi connectivity index (χ0v) is 15.7. The van der Waals surface area contributed by atoms with Crippen molar-refractivity contribution in [3.8, 4) is 5.75 Å². The Kier molecular flexibility index (Phi) is 6.54. The number of ether oxygens (including phenoxy) is 2. The molecule has 2 aromatic rings. The summed E-state index contributed by atoms with van der Waals surface area (Å²) < 4.78 is 10.5. The number of hydrogen-bond acceptors (Lipinski definition) is 5. The zero-order valence-electron chi connectivity index (χ0n) is 15.7. The lowest BCUT2D eigenvalue weighted by atomic mass is 10.00. The highest BCUT2D eigenvalue weighted by Gasteiger charge is 2.20. The number of hydrogen-bond donors (Lipinski definition) is 2. The van der Waals surface area contributed by atoms with Crippen LogP contribution in [0.15, 0.2) is 42.5 Å². The van der Waals surface area contributed by atoms with Crippen LogP contribution in [0.3, 0.4) is 0 Å². The number of carbonyl (C=O) groups is 1. The third-order valence-corrected chi connectivity index (χ3v) is 4.69. The molecule has 0 fully saturated rings. The highest BCUT2D eigenvalue weighted by molar-refractivity contribution is 5.82. The van der Waals surface area contributed by atoms with E-state index in [-0.39, 0.29) is 5.91 Å². The van der Waals surface area contributed by atoms with Crippen molar-refractivity contribution in [1.29, 1.82) is 0 Å². The van der Waals surface area contributed by atoms with Crippen LogP contribution in [0.4, 0.5) is 11.4 Å². The summed E-state index contributed by atoms with van der Waals surface area (Å²) in [7, 11) is 1.65. The second-order valence-corrected chi connectivity index (χ2v) is 6.63.